The summed E-state index contributed by atoms with van der Waals surface area (Å²) in [5.74, 6) is -0.275. The third-order valence-corrected chi connectivity index (χ3v) is 5.19. The van der Waals surface area contributed by atoms with E-state index in [2.05, 4.69) is 10.6 Å². The molecular formula is C21H22ClN3O4. The molecule has 0 unspecified atom stereocenters. The summed E-state index contributed by atoms with van der Waals surface area (Å²) in [6.45, 7) is 1.48. The van der Waals surface area contributed by atoms with Crippen molar-refractivity contribution in [2.45, 2.75) is 25.4 Å². The van der Waals surface area contributed by atoms with Crippen molar-refractivity contribution in [3.05, 3.63) is 64.7 Å². The maximum absolute atomic E-state index is 12.9. The van der Waals surface area contributed by atoms with Crippen LogP contribution in [0.25, 0.3) is 0 Å². The molecule has 8 heteroatoms. The van der Waals surface area contributed by atoms with Crippen molar-refractivity contribution in [3.8, 4) is 5.75 Å². The first-order valence-corrected chi connectivity index (χ1v) is 9.48. The minimum absolute atomic E-state index is 0.209. The van der Waals surface area contributed by atoms with Gasteiger partial charge in [0, 0.05) is 18.0 Å². The molecule has 1 atom stereocenters. The lowest BCUT2D eigenvalue weighted by atomic mass is 9.92. The fourth-order valence-electron chi connectivity index (χ4n) is 3.28. The highest BCUT2D eigenvalue weighted by molar-refractivity contribution is 6.31. The average molecular weight is 416 g/mol. The fourth-order valence-corrected chi connectivity index (χ4v) is 3.48. The molecule has 2 N–H and O–H groups in total. The predicted molar refractivity (Wildman–Crippen MR) is 109 cm³/mol. The van der Waals surface area contributed by atoms with Crippen LogP contribution in [0.3, 0.4) is 0 Å². The van der Waals surface area contributed by atoms with Crippen LogP contribution in [0, 0.1) is 0 Å². The van der Waals surface area contributed by atoms with E-state index in [0.29, 0.717) is 10.8 Å². The first-order chi connectivity index (χ1) is 13.8. The molecule has 0 bridgehead atoms. The molecule has 152 valence electrons. The summed E-state index contributed by atoms with van der Waals surface area (Å²) >= 11 is 6.07. The van der Waals surface area contributed by atoms with E-state index in [0.717, 1.165) is 16.0 Å². The minimum Gasteiger partial charge on any atom is -0.496 e. The standard InChI is InChI=1S/C21H22ClN3O4/c1-21(11-14-7-4-6-10-17(14)29-2)19(27)25(20(28)24-21)13-18(26)23-12-15-8-3-5-9-16(15)22/h3-10H,11-13H2,1-2H3,(H,23,26)(H,24,28)/t21-/m0/s1. The van der Waals surface area contributed by atoms with Crippen LogP contribution in [0.1, 0.15) is 18.1 Å². The first kappa shape index (κ1) is 20.7. The summed E-state index contributed by atoms with van der Waals surface area (Å²) in [5, 5.41) is 5.92. The average Bonchev–Trinajstić information content (AvgIpc) is 2.90. The highest BCUT2D eigenvalue weighted by Gasteiger charge is 2.48. The maximum atomic E-state index is 12.9. The van der Waals surface area contributed by atoms with Gasteiger partial charge in [-0.3, -0.25) is 14.5 Å². The number of benzene rings is 2. The summed E-state index contributed by atoms with van der Waals surface area (Å²) < 4.78 is 5.33. The van der Waals surface area contributed by atoms with Gasteiger partial charge < -0.3 is 15.4 Å². The molecule has 1 saturated heterocycles. The first-order valence-electron chi connectivity index (χ1n) is 9.10. The number of halogens is 1. The Labute approximate surface area is 174 Å². The summed E-state index contributed by atoms with van der Waals surface area (Å²) in [6.07, 6.45) is 0.249. The van der Waals surface area contributed by atoms with E-state index in [4.69, 9.17) is 16.3 Å². The molecule has 1 aliphatic rings. The minimum atomic E-state index is -1.16. The summed E-state index contributed by atoms with van der Waals surface area (Å²) in [6, 6.07) is 13.8. The van der Waals surface area contributed by atoms with Crippen molar-refractivity contribution in [1.82, 2.24) is 15.5 Å². The van der Waals surface area contributed by atoms with E-state index in [1.165, 1.54) is 0 Å². The summed E-state index contributed by atoms with van der Waals surface area (Å²) in [5.41, 5.74) is 0.381. The van der Waals surface area contributed by atoms with E-state index in [-0.39, 0.29) is 19.5 Å². The van der Waals surface area contributed by atoms with Crippen molar-refractivity contribution in [3.63, 3.8) is 0 Å². The van der Waals surface area contributed by atoms with Crippen molar-refractivity contribution >= 4 is 29.4 Å². The van der Waals surface area contributed by atoms with E-state index >= 15 is 0 Å². The molecule has 0 aromatic heterocycles. The van der Waals surface area contributed by atoms with Crippen LogP contribution in [0.2, 0.25) is 5.02 Å². The van der Waals surface area contributed by atoms with Crippen LogP contribution >= 0.6 is 11.6 Å². The zero-order chi connectivity index (χ0) is 21.0. The smallest absolute Gasteiger partial charge is 0.325 e. The monoisotopic (exact) mass is 415 g/mol. The Kier molecular flexibility index (Phi) is 6.08. The molecule has 0 aliphatic carbocycles. The lowest BCUT2D eigenvalue weighted by Crippen LogP contribution is -2.46. The SMILES string of the molecule is COc1ccccc1C[C@]1(C)NC(=O)N(CC(=O)NCc2ccccc2Cl)C1=O. The van der Waals surface area contributed by atoms with Gasteiger partial charge in [-0.2, -0.15) is 0 Å². The highest BCUT2D eigenvalue weighted by atomic mass is 35.5. The molecule has 29 heavy (non-hydrogen) atoms. The number of nitrogens with one attached hydrogen (secondary N) is 2. The normalized spacial score (nSPS) is 18.5. The maximum Gasteiger partial charge on any atom is 0.325 e. The lowest BCUT2D eigenvalue weighted by molar-refractivity contribution is -0.134. The number of para-hydroxylation sites is 1. The van der Waals surface area contributed by atoms with Gasteiger partial charge in [-0.05, 0) is 30.2 Å². The molecule has 0 radical (unpaired) electrons. The van der Waals surface area contributed by atoms with Gasteiger partial charge in [0.2, 0.25) is 5.91 Å². The molecule has 0 spiro atoms. The van der Waals surface area contributed by atoms with Gasteiger partial charge in [0.05, 0.1) is 7.11 Å². The number of methoxy groups -OCH3 is 1. The molecule has 2 aromatic carbocycles. The molecule has 4 amide bonds. The van der Waals surface area contributed by atoms with E-state index < -0.39 is 23.4 Å². The molecular weight excluding hydrogens is 394 g/mol. The number of rotatable bonds is 7. The van der Waals surface area contributed by atoms with Crippen LogP contribution in [0.4, 0.5) is 4.79 Å². The number of urea groups is 1. The number of carbonyl (C=O) groups is 3. The summed E-state index contributed by atoms with van der Waals surface area (Å²) in [7, 11) is 1.55. The Morgan fingerprint density at radius 2 is 1.79 bits per heavy atom. The van der Waals surface area contributed by atoms with Crippen LogP contribution < -0.4 is 15.4 Å². The van der Waals surface area contributed by atoms with Gasteiger partial charge in [0.1, 0.15) is 17.8 Å². The van der Waals surface area contributed by atoms with Crippen LogP contribution in [-0.2, 0) is 22.6 Å². The van der Waals surface area contributed by atoms with Crippen molar-refractivity contribution in [2.75, 3.05) is 13.7 Å². The highest BCUT2D eigenvalue weighted by Crippen LogP contribution is 2.27. The fraction of sp³-hybridized carbons (Fsp3) is 0.286. The Hall–Kier alpha value is -3.06. The largest absolute Gasteiger partial charge is 0.496 e. The van der Waals surface area contributed by atoms with Crippen molar-refractivity contribution < 1.29 is 19.1 Å². The third kappa shape index (κ3) is 4.51. The second kappa shape index (κ2) is 8.53. The van der Waals surface area contributed by atoms with Gasteiger partial charge in [-0.1, -0.05) is 48.0 Å². The quantitative estimate of drug-likeness (QED) is 0.680. The zero-order valence-corrected chi connectivity index (χ0v) is 17.0. The molecule has 1 aliphatic heterocycles. The van der Waals surface area contributed by atoms with Crippen LogP contribution in [0.15, 0.2) is 48.5 Å². The van der Waals surface area contributed by atoms with Gasteiger partial charge in [-0.15, -0.1) is 0 Å². The van der Waals surface area contributed by atoms with Crippen molar-refractivity contribution in [2.24, 2.45) is 0 Å². The Morgan fingerprint density at radius 1 is 1.14 bits per heavy atom. The molecule has 7 nitrogen and oxygen atoms in total. The van der Waals surface area contributed by atoms with E-state index in [1.807, 2.05) is 24.3 Å². The molecule has 1 heterocycles. The van der Waals surface area contributed by atoms with Gasteiger partial charge in [-0.25, -0.2) is 4.79 Å². The van der Waals surface area contributed by atoms with Crippen molar-refractivity contribution in [1.29, 1.82) is 0 Å². The zero-order valence-electron chi connectivity index (χ0n) is 16.2. The lowest BCUT2D eigenvalue weighted by Gasteiger charge is -2.22. The number of nitrogens with zero attached hydrogens (tertiary/aromatic N) is 1. The number of carbonyl (C=O) groups excluding carboxylic acids is 3. The third-order valence-electron chi connectivity index (χ3n) is 4.82. The Balaban J connectivity index is 1.65. The second-order valence-electron chi connectivity index (χ2n) is 7.01. The topological polar surface area (TPSA) is 87.7 Å². The van der Waals surface area contributed by atoms with Gasteiger partial charge >= 0.3 is 6.03 Å². The Bertz CT molecular complexity index is 949. The second-order valence-corrected chi connectivity index (χ2v) is 7.42. The number of hydrogen-bond donors (Lipinski definition) is 2. The number of amides is 4. The molecule has 3 rings (SSSR count). The molecule has 0 saturated carbocycles. The number of hydrogen-bond acceptors (Lipinski definition) is 4. The van der Waals surface area contributed by atoms with Gasteiger partial charge in [0.25, 0.3) is 5.91 Å². The van der Waals surface area contributed by atoms with E-state index in [9.17, 15) is 14.4 Å². The number of ether oxygens (including phenoxy) is 1. The molecule has 2 aromatic rings. The van der Waals surface area contributed by atoms with Crippen LogP contribution in [0.5, 0.6) is 5.75 Å². The van der Waals surface area contributed by atoms with E-state index in [1.54, 1.807) is 38.3 Å². The number of imide groups is 1. The molecule has 1 fully saturated rings. The predicted octanol–water partition coefficient (Wildman–Crippen LogP) is 2.52. The van der Waals surface area contributed by atoms with Crippen LogP contribution in [-0.4, -0.2) is 41.9 Å². The van der Waals surface area contributed by atoms with Gasteiger partial charge in [0.15, 0.2) is 0 Å². The Morgan fingerprint density at radius 3 is 2.48 bits per heavy atom. The summed E-state index contributed by atoms with van der Waals surface area (Å²) in [4.78, 5) is 38.5.